The normalized spacial score (nSPS) is 13.8. The third-order valence-corrected chi connectivity index (χ3v) is 5.83. The molecule has 152 valence electrons. The van der Waals surface area contributed by atoms with Crippen LogP contribution in [0.15, 0.2) is 54.6 Å². The minimum Gasteiger partial charge on any atom is -1.00 e. The van der Waals surface area contributed by atoms with Gasteiger partial charge < -0.3 is 15.8 Å². The average Bonchev–Trinajstić information content (AvgIpc) is 3.36. The second-order valence-electron chi connectivity index (χ2n) is 7.65. The van der Waals surface area contributed by atoms with Crippen LogP contribution in [0.3, 0.4) is 0 Å². The van der Waals surface area contributed by atoms with Crippen molar-refractivity contribution in [3.8, 4) is 22.7 Å². The zero-order valence-electron chi connectivity index (χ0n) is 18.4. The van der Waals surface area contributed by atoms with Crippen LogP contribution < -0.4 is 34.3 Å². The van der Waals surface area contributed by atoms with E-state index in [-0.39, 0.29) is 36.5 Å². The average molecular weight is 434 g/mol. The van der Waals surface area contributed by atoms with Crippen molar-refractivity contribution in [2.75, 3.05) is 6.61 Å². The molecule has 1 aliphatic carbocycles. The second-order valence-corrected chi connectivity index (χ2v) is 8.09. The first kappa shape index (κ1) is 23.0. The summed E-state index contributed by atoms with van der Waals surface area (Å²) in [5.74, 6) is 0.468. The van der Waals surface area contributed by atoms with E-state index in [4.69, 9.17) is 16.3 Å². The van der Waals surface area contributed by atoms with Gasteiger partial charge in [-0.1, -0.05) is 30.5 Å². The predicted octanol–water partition coefficient (Wildman–Crippen LogP) is 3.49. The molecule has 0 unspecified atom stereocenters. The fraction of sp³-hybridized carbons (Fsp3) is 0.292. The maximum absolute atomic E-state index is 11.4. The van der Waals surface area contributed by atoms with Crippen LogP contribution in [0.2, 0.25) is 5.02 Å². The SMILES string of the molecule is Cc1ccc(-c2cc(Cl)ccc2OCC2CCCC2)n1-c1cccc(C(=O)O)c1.[H-].[Na+]. The molecule has 0 bridgehead atoms. The van der Waals surface area contributed by atoms with Crippen molar-refractivity contribution in [3.63, 3.8) is 0 Å². The molecule has 0 aliphatic heterocycles. The van der Waals surface area contributed by atoms with E-state index in [9.17, 15) is 9.90 Å². The molecule has 1 fully saturated rings. The molecule has 1 aromatic heterocycles. The Labute approximate surface area is 205 Å². The summed E-state index contributed by atoms with van der Waals surface area (Å²) in [6.07, 6.45) is 5.01. The Morgan fingerprint density at radius 3 is 2.67 bits per heavy atom. The number of ether oxygens (including phenoxy) is 1. The summed E-state index contributed by atoms with van der Waals surface area (Å²) in [7, 11) is 0. The summed E-state index contributed by atoms with van der Waals surface area (Å²) < 4.78 is 8.27. The number of aryl methyl sites for hydroxylation is 1. The molecule has 4 rings (SSSR count). The van der Waals surface area contributed by atoms with Crippen molar-refractivity contribution < 1.29 is 45.6 Å². The van der Waals surface area contributed by atoms with E-state index in [2.05, 4.69) is 0 Å². The van der Waals surface area contributed by atoms with Crippen LogP contribution in [-0.2, 0) is 0 Å². The Bertz CT molecular complexity index is 1050. The summed E-state index contributed by atoms with van der Waals surface area (Å²) in [4.78, 5) is 11.4. The first-order chi connectivity index (χ1) is 14.0. The maximum atomic E-state index is 11.4. The maximum Gasteiger partial charge on any atom is 1.00 e. The summed E-state index contributed by atoms with van der Waals surface area (Å²) in [6, 6.07) is 16.7. The van der Waals surface area contributed by atoms with E-state index in [1.165, 1.54) is 25.7 Å². The van der Waals surface area contributed by atoms with Gasteiger partial charge in [0.25, 0.3) is 0 Å². The van der Waals surface area contributed by atoms with E-state index >= 15 is 0 Å². The van der Waals surface area contributed by atoms with E-state index in [0.29, 0.717) is 17.5 Å². The molecule has 0 atom stereocenters. The number of halogens is 1. The van der Waals surface area contributed by atoms with Gasteiger partial charge in [-0.3, -0.25) is 0 Å². The molecule has 4 nitrogen and oxygen atoms in total. The van der Waals surface area contributed by atoms with Gasteiger partial charge in [-0.2, -0.15) is 0 Å². The molecule has 6 heteroatoms. The summed E-state index contributed by atoms with van der Waals surface area (Å²) in [5, 5.41) is 10.0. The third-order valence-electron chi connectivity index (χ3n) is 5.59. The molecule has 3 aromatic rings. The van der Waals surface area contributed by atoms with Gasteiger partial charge in [0.2, 0.25) is 0 Å². The molecule has 30 heavy (non-hydrogen) atoms. The van der Waals surface area contributed by atoms with Gasteiger partial charge in [-0.15, -0.1) is 0 Å². The van der Waals surface area contributed by atoms with Crippen LogP contribution in [0.1, 0.15) is 43.2 Å². The number of rotatable bonds is 6. The van der Waals surface area contributed by atoms with Crippen molar-refractivity contribution in [3.05, 3.63) is 70.9 Å². The Morgan fingerprint density at radius 1 is 1.17 bits per heavy atom. The molecule has 0 saturated heterocycles. The monoisotopic (exact) mass is 433 g/mol. The van der Waals surface area contributed by atoms with Crippen molar-refractivity contribution in [1.29, 1.82) is 0 Å². The zero-order chi connectivity index (χ0) is 20.4. The Kier molecular flexibility index (Phi) is 7.70. The van der Waals surface area contributed by atoms with E-state index in [0.717, 1.165) is 28.4 Å². The number of nitrogens with zero attached hydrogens (tertiary/aromatic N) is 1. The Balaban J connectivity index is 0.00000171. The minimum atomic E-state index is -0.943. The fourth-order valence-corrected chi connectivity index (χ4v) is 4.25. The predicted molar refractivity (Wildman–Crippen MR) is 116 cm³/mol. The number of carboxylic acid groups (broad SMARTS) is 1. The summed E-state index contributed by atoms with van der Waals surface area (Å²) in [6.45, 7) is 2.71. The molecule has 0 amide bonds. The summed E-state index contributed by atoms with van der Waals surface area (Å²) >= 11 is 6.32. The number of hydrogen-bond acceptors (Lipinski definition) is 2. The van der Waals surface area contributed by atoms with E-state index in [1.54, 1.807) is 18.2 Å². The summed E-state index contributed by atoms with van der Waals surface area (Å²) in [5.41, 5.74) is 3.89. The van der Waals surface area contributed by atoms with Crippen molar-refractivity contribution in [2.24, 2.45) is 5.92 Å². The van der Waals surface area contributed by atoms with Gasteiger partial charge in [-0.25, -0.2) is 4.79 Å². The standard InChI is InChI=1S/C24H24ClNO3.Na.H/c1-16-9-11-22(26(16)20-8-4-7-18(13-20)24(27)28)21-14-19(25)10-12-23(21)29-15-17-5-2-3-6-17;;/h4,7-14,17H,2-3,5-6,15H2,1H3,(H,27,28);;/q;+1;-1. The van der Waals surface area contributed by atoms with Gasteiger partial charge in [-0.05, 0) is 74.2 Å². The first-order valence-corrected chi connectivity index (χ1v) is 10.4. The van der Waals surface area contributed by atoms with Crippen molar-refractivity contribution in [2.45, 2.75) is 32.6 Å². The molecule has 2 aromatic carbocycles. The minimum absolute atomic E-state index is 0. The Hall–Kier alpha value is -1.72. The molecular formula is C24H25ClNNaO3. The van der Waals surface area contributed by atoms with Crippen molar-refractivity contribution >= 4 is 17.6 Å². The van der Waals surface area contributed by atoms with Gasteiger partial charge in [0.05, 0.1) is 17.9 Å². The molecular weight excluding hydrogens is 409 g/mol. The smallest absolute Gasteiger partial charge is 1.00 e. The van der Waals surface area contributed by atoms with Crippen LogP contribution in [-0.4, -0.2) is 22.2 Å². The number of aromatic carboxylic acids is 1. The van der Waals surface area contributed by atoms with Crippen LogP contribution in [0, 0.1) is 12.8 Å². The topological polar surface area (TPSA) is 51.5 Å². The van der Waals surface area contributed by atoms with Gasteiger partial charge >= 0.3 is 35.5 Å². The van der Waals surface area contributed by atoms with E-state index < -0.39 is 5.97 Å². The largest absolute Gasteiger partial charge is 1.00 e. The number of carbonyl (C=O) groups is 1. The van der Waals surface area contributed by atoms with Crippen molar-refractivity contribution in [1.82, 2.24) is 4.57 Å². The molecule has 0 spiro atoms. The number of aromatic nitrogens is 1. The molecule has 1 heterocycles. The van der Waals surface area contributed by atoms with Gasteiger partial charge in [0, 0.05) is 22.0 Å². The molecule has 1 saturated carbocycles. The van der Waals surface area contributed by atoms with Crippen LogP contribution in [0.4, 0.5) is 0 Å². The fourth-order valence-electron chi connectivity index (χ4n) is 4.08. The van der Waals surface area contributed by atoms with Gasteiger partial charge in [0.1, 0.15) is 5.75 Å². The van der Waals surface area contributed by atoms with Gasteiger partial charge in [0.15, 0.2) is 0 Å². The third kappa shape index (κ3) is 4.94. The number of hydrogen-bond donors (Lipinski definition) is 1. The van der Waals surface area contributed by atoms with Crippen LogP contribution in [0.25, 0.3) is 16.9 Å². The second kappa shape index (κ2) is 10.1. The van der Waals surface area contributed by atoms with Crippen LogP contribution in [0.5, 0.6) is 5.75 Å². The quantitative estimate of drug-likeness (QED) is 0.605. The number of carboxylic acids is 1. The van der Waals surface area contributed by atoms with E-state index in [1.807, 2.05) is 47.9 Å². The molecule has 1 N–H and O–H groups in total. The van der Waals surface area contributed by atoms with Crippen LogP contribution >= 0.6 is 11.6 Å². The first-order valence-electron chi connectivity index (χ1n) is 9.98. The molecule has 0 radical (unpaired) electrons. The Morgan fingerprint density at radius 2 is 1.93 bits per heavy atom. The molecule has 1 aliphatic rings. The number of benzene rings is 2. The zero-order valence-corrected chi connectivity index (χ0v) is 20.2.